The average Bonchev–Trinajstić information content (AvgIpc) is 3.10. The van der Waals surface area contributed by atoms with E-state index in [4.69, 9.17) is 14.5 Å². The largest absolute Gasteiger partial charge is 0.491 e. The molecule has 2 rings (SSSR count). The van der Waals surface area contributed by atoms with Gasteiger partial charge in [0.1, 0.15) is 5.75 Å². The first-order chi connectivity index (χ1) is 13.1. The summed E-state index contributed by atoms with van der Waals surface area (Å²) < 4.78 is 11.2. The Kier molecular flexibility index (Phi) is 8.88. The van der Waals surface area contributed by atoms with Gasteiger partial charge in [0.2, 0.25) is 0 Å². The van der Waals surface area contributed by atoms with Crippen LogP contribution in [0.3, 0.4) is 0 Å². The van der Waals surface area contributed by atoms with E-state index in [0.717, 1.165) is 50.7 Å². The molecule has 1 aliphatic heterocycles. The molecule has 0 amide bonds. The number of ether oxygens (including phenoxy) is 2. The summed E-state index contributed by atoms with van der Waals surface area (Å²) >= 11 is 0. The van der Waals surface area contributed by atoms with Gasteiger partial charge < -0.3 is 25.2 Å². The number of hydrogen-bond acceptors (Lipinski definition) is 4. The molecular formula is C21H35N3O3. The zero-order chi connectivity index (χ0) is 19.5. The normalized spacial score (nSPS) is 20.1. The Balaban J connectivity index is 1.84. The maximum Gasteiger partial charge on any atom is 0.191 e. The third-order valence-corrected chi connectivity index (χ3v) is 4.75. The van der Waals surface area contributed by atoms with Crippen molar-refractivity contribution in [2.45, 2.75) is 46.1 Å². The molecule has 0 spiro atoms. The van der Waals surface area contributed by atoms with Crippen molar-refractivity contribution in [2.24, 2.45) is 10.4 Å². The van der Waals surface area contributed by atoms with Gasteiger partial charge in [-0.2, -0.15) is 0 Å². The number of aliphatic imine (C=N–C) groups is 1. The van der Waals surface area contributed by atoms with E-state index in [1.165, 1.54) is 5.56 Å². The molecule has 152 valence electrons. The third kappa shape index (κ3) is 7.39. The smallest absolute Gasteiger partial charge is 0.191 e. The van der Waals surface area contributed by atoms with E-state index in [2.05, 4.69) is 29.7 Å². The molecule has 1 aromatic carbocycles. The predicted octanol–water partition coefficient (Wildman–Crippen LogP) is 2.36. The fraction of sp³-hybridized carbons (Fsp3) is 0.667. The first-order valence-corrected chi connectivity index (χ1v) is 10.0. The molecule has 1 atom stereocenters. The summed E-state index contributed by atoms with van der Waals surface area (Å²) in [6.45, 7) is 10.0. The standard InChI is InChI=1S/C21H35N3O3/c1-4-22-20(24-15-21(10-13-25)11-14-26-16-21)23-12-9-18-5-7-19(8-6-18)27-17(2)3/h5-8,17,25H,4,9-16H2,1-3H3,(H2,22,23,24). The molecule has 0 aromatic heterocycles. The van der Waals surface area contributed by atoms with E-state index in [1.54, 1.807) is 0 Å². The van der Waals surface area contributed by atoms with Gasteiger partial charge in [0.05, 0.1) is 19.3 Å². The van der Waals surface area contributed by atoms with Crippen LogP contribution in [0.5, 0.6) is 5.75 Å². The van der Waals surface area contributed by atoms with Gasteiger partial charge >= 0.3 is 0 Å². The van der Waals surface area contributed by atoms with Gasteiger partial charge in [-0.3, -0.25) is 4.99 Å². The minimum Gasteiger partial charge on any atom is -0.491 e. The van der Waals surface area contributed by atoms with Gasteiger partial charge in [0.15, 0.2) is 5.96 Å². The van der Waals surface area contributed by atoms with Crippen molar-refractivity contribution >= 4 is 5.96 Å². The maximum absolute atomic E-state index is 9.35. The van der Waals surface area contributed by atoms with Crippen LogP contribution in [0.2, 0.25) is 0 Å². The highest BCUT2D eigenvalue weighted by Crippen LogP contribution is 2.32. The highest BCUT2D eigenvalue weighted by Gasteiger charge is 2.34. The van der Waals surface area contributed by atoms with Crippen LogP contribution in [0.15, 0.2) is 29.3 Å². The maximum atomic E-state index is 9.35. The van der Waals surface area contributed by atoms with Crippen LogP contribution in [-0.2, 0) is 11.2 Å². The molecule has 6 nitrogen and oxygen atoms in total. The van der Waals surface area contributed by atoms with Gasteiger partial charge in [-0.25, -0.2) is 0 Å². The minimum atomic E-state index is -0.0245. The molecule has 0 saturated carbocycles. The minimum absolute atomic E-state index is 0.0245. The lowest BCUT2D eigenvalue weighted by molar-refractivity contribution is 0.131. The van der Waals surface area contributed by atoms with Crippen LogP contribution >= 0.6 is 0 Å². The molecule has 1 aliphatic rings. The van der Waals surface area contributed by atoms with Gasteiger partial charge in [-0.1, -0.05) is 12.1 Å². The van der Waals surface area contributed by atoms with E-state index < -0.39 is 0 Å². The number of guanidine groups is 1. The summed E-state index contributed by atoms with van der Waals surface area (Å²) in [5.41, 5.74) is 1.24. The molecule has 0 bridgehead atoms. The van der Waals surface area contributed by atoms with E-state index >= 15 is 0 Å². The zero-order valence-corrected chi connectivity index (χ0v) is 17.0. The molecule has 1 unspecified atom stereocenters. The van der Waals surface area contributed by atoms with Crippen molar-refractivity contribution in [3.8, 4) is 5.75 Å². The molecular weight excluding hydrogens is 342 g/mol. The van der Waals surface area contributed by atoms with E-state index in [-0.39, 0.29) is 18.1 Å². The van der Waals surface area contributed by atoms with Crippen molar-refractivity contribution in [3.05, 3.63) is 29.8 Å². The van der Waals surface area contributed by atoms with Gasteiger partial charge in [-0.15, -0.1) is 0 Å². The number of rotatable bonds is 10. The fourth-order valence-corrected chi connectivity index (χ4v) is 3.21. The number of hydrogen-bond donors (Lipinski definition) is 3. The van der Waals surface area contributed by atoms with Crippen molar-refractivity contribution in [1.29, 1.82) is 0 Å². The molecule has 1 aromatic rings. The Morgan fingerprint density at radius 2 is 2.07 bits per heavy atom. The molecule has 0 radical (unpaired) electrons. The van der Waals surface area contributed by atoms with Crippen LogP contribution < -0.4 is 15.4 Å². The van der Waals surface area contributed by atoms with Crippen molar-refractivity contribution in [3.63, 3.8) is 0 Å². The third-order valence-electron chi connectivity index (χ3n) is 4.75. The van der Waals surface area contributed by atoms with Crippen molar-refractivity contribution < 1.29 is 14.6 Å². The number of benzene rings is 1. The summed E-state index contributed by atoms with van der Waals surface area (Å²) in [7, 11) is 0. The summed E-state index contributed by atoms with van der Waals surface area (Å²) in [6, 6.07) is 8.26. The monoisotopic (exact) mass is 377 g/mol. The molecule has 1 saturated heterocycles. The zero-order valence-electron chi connectivity index (χ0n) is 17.0. The second-order valence-corrected chi connectivity index (χ2v) is 7.46. The average molecular weight is 378 g/mol. The van der Waals surface area contributed by atoms with Crippen LogP contribution in [0.1, 0.15) is 39.2 Å². The number of aliphatic hydroxyl groups is 1. The summed E-state index contributed by atoms with van der Waals surface area (Å²) in [4.78, 5) is 4.75. The lowest BCUT2D eigenvalue weighted by atomic mass is 9.84. The van der Waals surface area contributed by atoms with Crippen molar-refractivity contribution in [1.82, 2.24) is 10.6 Å². The molecule has 1 fully saturated rings. The Labute approximate surface area is 163 Å². The second-order valence-electron chi connectivity index (χ2n) is 7.46. The van der Waals surface area contributed by atoms with E-state index in [0.29, 0.717) is 13.2 Å². The molecule has 0 aliphatic carbocycles. The van der Waals surface area contributed by atoms with Gasteiger partial charge in [-0.05, 0) is 57.7 Å². The molecule has 27 heavy (non-hydrogen) atoms. The highest BCUT2D eigenvalue weighted by atomic mass is 16.5. The van der Waals surface area contributed by atoms with E-state index in [9.17, 15) is 5.11 Å². The Morgan fingerprint density at radius 3 is 2.67 bits per heavy atom. The van der Waals surface area contributed by atoms with Crippen molar-refractivity contribution in [2.75, 3.05) is 39.5 Å². The first kappa shape index (κ1) is 21.5. The SMILES string of the molecule is CCNC(=NCC1(CCO)CCOC1)NCCc1ccc(OC(C)C)cc1. The summed E-state index contributed by atoms with van der Waals surface area (Å²) in [6.07, 6.45) is 2.80. The summed E-state index contributed by atoms with van der Waals surface area (Å²) in [5, 5.41) is 16.1. The Hall–Kier alpha value is -1.79. The van der Waals surface area contributed by atoms with Gasteiger partial charge in [0.25, 0.3) is 0 Å². The molecule has 1 heterocycles. The fourth-order valence-electron chi connectivity index (χ4n) is 3.21. The second kappa shape index (κ2) is 11.1. The Morgan fingerprint density at radius 1 is 1.30 bits per heavy atom. The van der Waals surface area contributed by atoms with Crippen LogP contribution in [0.25, 0.3) is 0 Å². The lowest BCUT2D eigenvalue weighted by Crippen LogP contribution is -2.39. The molecule has 6 heteroatoms. The predicted molar refractivity (Wildman–Crippen MR) is 109 cm³/mol. The summed E-state index contributed by atoms with van der Waals surface area (Å²) in [5.74, 6) is 1.73. The number of nitrogens with one attached hydrogen (secondary N) is 2. The highest BCUT2D eigenvalue weighted by molar-refractivity contribution is 5.79. The van der Waals surface area contributed by atoms with E-state index in [1.807, 2.05) is 26.0 Å². The quantitative estimate of drug-likeness (QED) is 0.431. The van der Waals surface area contributed by atoms with Crippen LogP contribution in [0, 0.1) is 5.41 Å². The first-order valence-electron chi connectivity index (χ1n) is 10.0. The van der Waals surface area contributed by atoms with Crippen LogP contribution in [-0.4, -0.2) is 56.6 Å². The Bertz CT molecular complexity index is 567. The topological polar surface area (TPSA) is 75.1 Å². The van der Waals surface area contributed by atoms with Crippen LogP contribution in [0.4, 0.5) is 0 Å². The number of aliphatic hydroxyl groups excluding tert-OH is 1. The molecule has 3 N–H and O–H groups in total. The lowest BCUT2D eigenvalue weighted by Gasteiger charge is -2.24. The van der Waals surface area contributed by atoms with Gasteiger partial charge in [0, 0.05) is 31.7 Å². The number of nitrogens with zero attached hydrogens (tertiary/aromatic N) is 1.